The summed E-state index contributed by atoms with van der Waals surface area (Å²) in [6, 6.07) is -0.0235. The van der Waals surface area contributed by atoms with Crippen LogP contribution in [0, 0.1) is 0 Å². The monoisotopic (exact) mass is 240 g/mol. The lowest BCUT2D eigenvalue weighted by atomic mass is 10.2. The van der Waals surface area contributed by atoms with Gasteiger partial charge in [-0.1, -0.05) is 0 Å². The number of hydrogen-bond acceptors (Lipinski definition) is 5. The van der Waals surface area contributed by atoms with E-state index in [4.69, 9.17) is 10.5 Å². The van der Waals surface area contributed by atoms with E-state index >= 15 is 0 Å². The van der Waals surface area contributed by atoms with Crippen LogP contribution in [0.4, 0.5) is 5.82 Å². The summed E-state index contributed by atoms with van der Waals surface area (Å²) in [5, 5.41) is 3.00. The highest BCUT2D eigenvalue weighted by Gasteiger charge is 2.05. The first-order chi connectivity index (χ1) is 8.19. The Morgan fingerprint density at radius 3 is 3.06 bits per heavy atom. The second-order valence-corrected chi connectivity index (χ2v) is 3.80. The first-order valence-electron chi connectivity index (χ1n) is 5.72. The summed E-state index contributed by atoms with van der Waals surface area (Å²) in [6.45, 7) is 3.68. The second-order valence-electron chi connectivity index (χ2n) is 3.80. The van der Waals surface area contributed by atoms with Gasteiger partial charge < -0.3 is 20.4 Å². The van der Waals surface area contributed by atoms with E-state index in [1.54, 1.807) is 24.1 Å². The first-order valence-corrected chi connectivity index (χ1v) is 5.72. The minimum atomic E-state index is -0.102. The highest BCUT2D eigenvalue weighted by atomic mass is 16.5. The molecule has 1 heterocycles. The SMILES string of the molecule is CCn1ccnc(NCCC(N)COC)c1=O. The number of ether oxygens (including phenoxy) is 1. The van der Waals surface area contributed by atoms with E-state index in [2.05, 4.69) is 10.3 Å². The van der Waals surface area contributed by atoms with Crippen molar-refractivity contribution in [3.63, 3.8) is 0 Å². The third-order valence-corrected chi connectivity index (χ3v) is 2.44. The Bertz CT molecular complexity index is 391. The summed E-state index contributed by atoms with van der Waals surface area (Å²) in [7, 11) is 1.62. The molecule has 0 amide bonds. The molecule has 0 aliphatic rings. The number of nitrogens with two attached hydrogens (primary N) is 1. The van der Waals surface area contributed by atoms with Gasteiger partial charge >= 0.3 is 0 Å². The van der Waals surface area contributed by atoms with Gasteiger partial charge in [-0.05, 0) is 13.3 Å². The van der Waals surface area contributed by atoms with E-state index in [0.29, 0.717) is 25.5 Å². The minimum Gasteiger partial charge on any atom is -0.383 e. The summed E-state index contributed by atoms with van der Waals surface area (Å²) in [5.41, 5.74) is 5.67. The van der Waals surface area contributed by atoms with Crippen LogP contribution in [0.5, 0.6) is 0 Å². The molecule has 0 saturated heterocycles. The summed E-state index contributed by atoms with van der Waals surface area (Å²) in [4.78, 5) is 15.8. The number of methoxy groups -OCH3 is 1. The van der Waals surface area contributed by atoms with Gasteiger partial charge in [-0.3, -0.25) is 4.79 Å². The second kappa shape index (κ2) is 7.03. The number of aromatic nitrogens is 2. The van der Waals surface area contributed by atoms with Crippen molar-refractivity contribution in [2.24, 2.45) is 5.73 Å². The smallest absolute Gasteiger partial charge is 0.293 e. The molecule has 1 aromatic rings. The van der Waals surface area contributed by atoms with Gasteiger partial charge in [0.15, 0.2) is 5.82 Å². The van der Waals surface area contributed by atoms with Crippen LogP contribution >= 0.6 is 0 Å². The van der Waals surface area contributed by atoms with Crippen molar-refractivity contribution in [2.75, 3.05) is 25.6 Å². The van der Waals surface area contributed by atoms with Crippen LogP contribution in [-0.2, 0) is 11.3 Å². The van der Waals surface area contributed by atoms with Gasteiger partial charge in [-0.2, -0.15) is 0 Å². The van der Waals surface area contributed by atoms with Crippen LogP contribution in [0.2, 0.25) is 0 Å². The molecule has 96 valence electrons. The molecule has 6 heteroatoms. The molecule has 0 aromatic carbocycles. The Kier molecular flexibility index (Phi) is 5.65. The Hall–Kier alpha value is -1.40. The predicted molar refractivity (Wildman–Crippen MR) is 67.1 cm³/mol. The molecule has 0 aliphatic heterocycles. The average molecular weight is 240 g/mol. The maximum absolute atomic E-state index is 11.8. The topological polar surface area (TPSA) is 82.2 Å². The van der Waals surface area contributed by atoms with Gasteiger partial charge in [0.05, 0.1) is 6.61 Å². The minimum absolute atomic E-state index is 0.0235. The number of nitrogens with one attached hydrogen (secondary N) is 1. The normalized spacial score (nSPS) is 12.4. The van der Waals surface area contributed by atoms with E-state index in [9.17, 15) is 4.79 Å². The van der Waals surface area contributed by atoms with Crippen LogP contribution in [0.25, 0.3) is 0 Å². The van der Waals surface area contributed by atoms with E-state index in [0.717, 1.165) is 6.42 Å². The van der Waals surface area contributed by atoms with Crippen LogP contribution in [0.15, 0.2) is 17.2 Å². The van der Waals surface area contributed by atoms with Gasteiger partial charge in [-0.15, -0.1) is 0 Å². The molecule has 0 bridgehead atoms. The van der Waals surface area contributed by atoms with Crippen LogP contribution in [0.1, 0.15) is 13.3 Å². The van der Waals surface area contributed by atoms with Gasteiger partial charge in [-0.25, -0.2) is 4.98 Å². The summed E-state index contributed by atoms with van der Waals surface area (Å²) >= 11 is 0. The van der Waals surface area contributed by atoms with Crippen molar-refractivity contribution in [3.8, 4) is 0 Å². The summed E-state index contributed by atoms with van der Waals surface area (Å²) < 4.78 is 6.53. The van der Waals surface area contributed by atoms with Crippen molar-refractivity contribution >= 4 is 5.82 Å². The number of anilines is 1. The zero-order valence-electron chi connectivity index (χ0n) is 10.3. The number of aryl methyl sites for hydroxylation is 1. The lowest BCUT2D eigenvalue weighted by Crippen LogP contribution is -2.30. The molecular weight excluding hydrogens is 220 g/mol. The lowest BCUT2D eigenvalue weighted by molar-refractivity contribution is 0.178. The van der Waals surface area contributed by atoms with E-state index in [1.807, 2.05) is 6.92 Å². The van der Waals surface area contributed by atoms with Gasteiger partial charge in [0.2, 0.25) is 0 Å². The molecule has 3 N–H and O–H groups in total. The maximum Gasteiger partial charge on any atom is 0.293 e. The molecule has 0 fully saturated rings. The van der Waals surface area contributed by atoms with Crippen LogP contribution in [-0.4, -0.2) is 35.9 Å². The molecule has 6 nitrogen and oxygen atoms in total. The quantitative estimate of drug-likeness (QED) is 0.703. The molecule has 1 rings (SSSR count). The predicted octanol–water partition coefficient (Wildman–Crippen LogP) is 0.0389. The molecule has 0 spiro atoms. The Morgan fingerprint density at radius 1 is 1.65 bits per heavy atom. The Labute approximate surface area is 101 Å². The first kappa shape index (κ1) is 13.7. The van der Waals surface area contributed by atoms with Crippen LogP contribution < -0.4 is 16.6 Å². The van der Waals surface area contributed by atoms with Crippen molar-refractivity contribution in [3.05, 3.63) is 22.7 Å². The molecule has 0 radical (unpaired) electrons. The molecule has 0 saturated carbocycles. The summed E-state index contributed by atoms with van der Waals surface area (Å²) in [6.07, 6.45) is 4.02. The Morgan fingerprint density at radius 2 is 2.41 bits per heavy atom. The van der Waals surface area contributed by atoms with E-state index < -0.39 is 0 Å². The third-order valence-electron chi connectivity index (χ3n) is 2.44. The van der Waals surface area contributed by atoms with Crippen molar-refractivity contribution in [1.29, 1.82) is 0 Å². The number of hydrogen-bond donors (Lipinski definition) is 2. The molecule has 17 heavy (non-hydrogen) atoms. The molecule has 1 unspecified atom stereocenters. The average Bonchev–Trinajstić information content (AvgIpc) is 2.32. The molecule has 1 atom stereocenters. The number of nitrogens with zero attached hydrogens (tertiary/aromatic N) is 2. The fraction of sp³-hybridized carbons (Fsp3) is 0.636. The molecule has 0 aliphatic carbocycles. The van der Waals surface area contributed by atoms with Crippen LogP contribution in [0.3, 0.4) is 0 Å². The Balaban J connectivity index is 2.50. The van der Waals surface area contributed by atoms with E-state index in [1.165, 1.54) is 0 Å². The molecule has 1 aromatic heterocycles. The fourth-order valence-corrected chi connectivity index (χ4v) is 1.49. The number of rotatable bonds is 7. The van der Waals surface area contributed by atoms with Crippen molar-refractivity contribution < 1.29 is 4.74 Å². The van der Waals surface area contributed by atoms with Gasteiger partial charge in [0.1, 0.15) is 0 Å². The largest absolute Gasteiger partial charge is 0.383 e. The third kappa shape index (κ3) is 4.16. The van der Waals surface area contributed by atoms with E-state index in [-0.39, 0.29) is 11.6 Å². The lowest BCUT2D eigenvalue weighted by Gasteiger charge is -2.11. The van der Waals surface area contributed by atoms with Gasteiger partial charge in [0, 0.05) is 38.6 Å². The van der Waals surface area contributed by atoms with Crippen molar-refractivity contribution in [2.45, 2.75) is 25.9 Å². The maximum atomic E-state index is 11.8. The highest BCUT2D eigenvalue weighted by molar-refractivity contribution is 5.30. The highest BCUT2D eigenvalue weighted by Crippen LogP contribution is 1.95. The standard InChI is InChI=1S/C11H20N4O2/c1-3-15-7-6-14-10(11(15)16)13-5-4-9(12)8-17-2/h6-7,9H,3-5,8,12H2,1-2H3,(H,13,14). The summed E-state index contributed by atoms with van der Waals surface area (Å²) in [5.74, 6) is 0.374. The molecular formula is C11H20N4O2. The fourth-order valence-electron chi connectivity index (χ4n) is 1.49. The zero-order chi connectivity index (χ0) is 12.7. The van der Waals surface area contributed by atoms with Crippen molar-refractivity contribution in [1.82, 2.24) is 9.55 Å². The zero-order valence-corrected chi connectivity index (χ0v) is 10.3. The van der Waals surface area contributed by atoms with Gasteiger partial charge in [0.25, 0.3) is 5.56 Å².